The number of allylic oxidation sites excluding steroid dienone is 1. The van der Waals surface area contributed by atoms with Crippen LogP contribution in [0.1, 0.15) is 144 Å². The van der Waals surface area contributed by atoms with Gasteiger partial charge >= 0.3 is 5.97 Å². The van der Waals surface area contributed by atoms with Crippen LogP contribution in [0.3, 0.4) is 0 Å². The number of nitrogens with two attached hydrogens (primary N) is 2. The minimum Gasteiger partial charge on any atom is -0.462 e. The van der Waals surface area contributed by atoms with Crippen LogP contribution in [0.15, 0.2) is 11.6 Å². The van der Waals surface area contributed by atoms with Crippen molar-refractivity contribution in [1.29, 1.82) is 0 Å². The summed E-state index contributed by atoms with van der Waals surface area (Å²) < 4.78 is 6.31. The molecule has 0 radical (unpaired) electrons. The molecule has 4 rings (SSSR count). The lowest BCUT2D eigenvalue weighted by molar-refractivity contribution is -0.157. The van der Waals surface area contributed by atoms with Gasteiger partial charge in [0.25, 0.3) is 0 Å². The molecule has 5 heteroatoms. The van der Waals surface area contributed by atoms with Gasteiger partial charge in [-0.25, -0.2) is 0 Å². The standard InChI is InChI=1S/C39H71N3O2/c1-28(2)11-8-12-29(3)34-17-18-35-33-16-15-31-27-32(19-21-38(31,4)36(33)20-22-39(34,35)5)44-37(43)30(14-9-23-40)13-6-7-25-42-26-10-24-41/h15,28-30,32-36,42H,6-14,16-27,40-41H2,1-5H3/t29-,30?,32+,33+,34-,35+,36+,38+,39-/m1/s1. The van der Waals surface area contributed by atoms with Gasteiger partial charge in [0.2, 0.25) is 0 Å². The molecule has 0 heterocycles. The first-order valence-corrected chi connectivity index (χ1v) is 19.1. The Morgan fingerprint density at radius 2 is 1.64 bits per heavy atom. The van der Waals surface area contributed by atoms with E-state index in [-0.39, 0.29) is 18.0 Å². The highest BCUT2D eigenvalue weighted by atomic mass is 16.5. The van der Waals surface area contributed by atoms with Crippen LogP contribution in [-0.2, 0) is 9.53 Å². The third-order valence-corrected chi connectivity index (χ3v) is 13.3. The first-order chi connectivity index (χ1) is 21.1. The zero-order valence-corrected chi connectivity index (χ0v) is 29.5. The van der Waals surface area contributed by atoms with E-state index in [1.807, 2.05) is 0 Å². The maximum atomic E-state index is 13.4. The zero-order chi connectivity index (χ0) is 31.7. The van der Waals surface area contributed by atoms with E-state index in [9.17, 15) is 4.79 Å². The van der Waals surface area contributed by atoms with Gasteiger partial charge in [0, 0.05) is 6.42 Å². The fourth-order valence-corrected chi connectivity index (χ4v) is 10.8. The SMILES string of the molecule is CC(C)CCC[C@@H](C)[C@H]1CC[C@H]2[C@@H]3CC=C4C[C@@H](OC(=O)C(CCCN)CCCCNCCCN)CC[C@]4(C)[C@H]3CC[C@]12C. The maximum Gasteiger partial charge on any atom is 0.309 e. The molecule has 4 aliphatic carbocycles. The van der Waals surface area contributed by atoms with Gasteiger partial charge in [0.15, 0.2) is 0 Å². The molecule has 3 saturated carbocycles. The lowest BCUT2D eigenvalue weighted by Crippen LogP contribution is -2.51. The van der Waals surface area contributed by atoms with Crippen molar-refractivity contribution >= 4 is 5.97 Å². The average Bonchev–Trinajstić information content (AvgIpc) is 3.35. The second kappa shape index (κ2) is 16.8. The largest absolute Gasteiger partial charge is 0.462 e. The Labute approximate surface area is 271 Å². The summed E-state index contributed by atoms with van der Waals surface area (Å²) in [6, 6.07) is 0. The van der Waals surface area contributed by atoms with Crippen molar-refractivity contribution in [3.8, 4) is 0 Å². The van der Waals surface area contributed by atoms with Crippen LogP contribution in [-0.4, -0.2) is 38.3 Å². The molecule has 254 valence electrons. The highest BCUT2D eigenvalue weighted by Crippen LogP contribution is 2.67. The number of hydrogen-bond acceptors (Lipinski definition) is 5. The van der Waals surface area contributed by atoms with Crippen LogP contribution < -0.4 is 16.8 Å². The van der Waals surface area contributed by atoms with Gasteiger partial charge in [-0.3, -0.25) is 4.79 Å². The maximum absolute atomic E-state index is 13.4. The van der Waals surface area contributed by atoms with Crippen molar-refractivity contribution in [1.82, 2.24) is 5.32 Å². The van der Waals surface area contributed by atoms with Crippen molar-refractivity contribution in [2.24, 2.45) is 63.7 Å². The number of carbonyl (C=O) groups is 1. The van der Waals surface area contributed by atoms with Crippen LogP contribution in [0.25, 0.3) is 0 Å². The predicted molar refractivity (Wildman–Crippen MR) is 185 cm³/mol. The average molecular weight is 614 g/mol. The summed E-state index contributed by atoms with van der Waals surface area (Å²) in [7, 11) is 0. The molecule has 0 spiro atoms. The lowest BCUT2D eigenvalue weighted by Gasteiger charge is -2.58. The number of hydrogen-bond donors (Lipinski definition) is 3. The molecule has 44 heavy (non-hydrogen) atoms. The molecule has 0 aromatic heterocycles. The van der Waals surface area contributed by atoms with Gasteiger partial charge in [-0.15, -0.1) is 0 Å². The van der Waals surface area contributed by atoms with E-state index in [2.05, 4.69) is 46.0 Å². The molecule has 5 N–H and O–H groups in total. The Balaban J connectivity index is 1.32. The quantitative estimate of drug-likeness (QED) is 0.0820. The second-order valence-electron chi connectivity index (χ2n) is 16.6. The highest BCUT2D eigenvalue weighted by Gasteiger charge is 2.59. The first kappa shape index (κ1) is 35.9. The predicted octanol–water partition coefficient (Wildman–Crippen LogP) is 8.40. The summed E-state index contributed by atoms with van der Waals surface area (Å²) in [5, 5.41) is 3.46. The summed E-state index contributed by atoms with van der Waals surface area (Å²) in [5.41, 5.74) is 13.9. The number of ether oxygens (including phenoxy) is 1. The summed E-state index contributed by atoms with van der Waals surface area (Å²) in [6.45, 7) is 15.9. The number of unbranched alkanes of at least 4 members (excludes halogenated alkanes) is 1. The van der Waals surface area contributed by atoms with Crippen molar-refractivity contribution in [3.05, 3.63) is 11.6 Å². The summed E-state index contributed by atoms with van der Waals surface area (Å²) >= 11 is 0. The molecule has 5 nitrogen and oxygen atoms in total. The van der Waals surface area contributed by atoms with Gasteiger partial charge < -0.3 is 21.5 Å². The van der Waals surface area contributed by atoms with Gasteiger partial charge in [0.05, 0.1) is 5.92 Å². The van der Waals surface area contributed by atoms with Crippen LogP contribution in [0.2, 0.25) is 0 Å². The molecule has 0 saturated heterocycles. The molecule has 9 atom stereocenters. The monoisotopic (exact) mass is 614 g/mol. The molecule has 1 unspecified atom stereocenters. The normalized spacial score (nSPS) is 34.5. The van der Waals surface area contributed by atoms with E-state index in [4.69, 9.17) is 16.2 Å². The number of rotatable bonds is 18. The molecular formula is C39H71N3O2. The fraction of sp³-hybridized carbons (Fsp3) is 0.923. The van der Waals surface area contributed by atoms with Crippen molar-refractivity contribution < 1.29 is 9.53 Å². The smallest absolute Gasteiger partial charge is 0.309 e. The van der Waals surface area contributed by atoms with Gasteiger partial charge in [-0.2, -0.15) is 0 Å². The van der Waals surface area contributed by atoms with Crippen molar-refractivity contribution in [2.75, 3.05) is 26.2 Å². The van der Waals surface area contributed by atoms with E-state index in [1.54, 1.807) is 5.57 Å². The number of carbonyl (C=O) groups excluding carboxylic acids is 1. The summed E-state index contributed by atoms with van der Waals surface area (Å²) in [5.74, 6) is 5.17. The third-order valence-electron chi connectivity index (χ3n) is 13.3. The van der Waals surface area contributed by atoms with Gasteiger partial charge in [0.1, 0.15) is 6.10 Å². The fourth-order valence-electron chi connectivity index (χ4n) is 10.8. The third kappa shape index (κ3) is 8.51. The van der Waals surface area contributed by atoms with Crippen molar-refractivity contribution in [3.63, 3.8) is 0 Å². The topological polar surface area (TPSA) is 90.4 Å². The molecule has 0 aliphatic heterocycles. The van der Waals surface area contributed by atoms with E-state index < -0.39 is 0 Å². The van der Waals surface area contributed by atoms with E-state index in [0.29, 0.717) is 17.4 Å². The van der Waals surface area contributed by atoms with Crippen LogP contribution >= 0.6 is 0 Å². The van der Waals surface area contributed by atoms with Gasteiger partial charge in [-0.05, 0) is 150 Å². The minimum atomic E-state index is -0.0142. The Hall–Kier alpha value is -0.910. The minimum absolute atomic E-state index is 0.0142. The van der Waals surface area contributed by atoms with E-state index >= 15 is 0 Å². The molecule has 0 bridgehead atoms. The Morgan fingerprint density at radius 3 is 2.39 bits per heavy atom. The van der Waals surface area contributed by atoms with Crippen LogP contribution in [0.4, 0.5) is 0 Å². The molecule has 0 amide bonds. The second-order valence-corrected chi connectivity index (χ2v) is 16.6. The molecule has 3 fully saturated rings. The lowest BCUT2D eigenvalue weighted by atomic mass is 9.47. The van der Waals surface area contributed by atoms with Crippen molar-refractivity contribution in [2.45, 2.75) is 150 Å². The van der Waals surface area contributed by atoms with E-state index in [0.717, 1.165) is 107 Å². The molecule has 4 aliphatic rings. The highest BCUT2D eigenvalue weighted by molar-refractivity contribution is 5.72. The number of nitrogens with one attached hydrogen (secondary N) is 1. The zero-order valence-electron chi connectivity index (χ0n) is 29.5. The Morgan fingerprint density at radius 1 is 0.886 bits per heavy atom. The molecular weight excluding hydrogens is 542 g/mol. The van der Waals surface area contributed by atoms with Gasteiger partial charge in [-0.1, -0.05) is 72.0 Å². The summed E-state index contributed by atoms with van der Waals surface area (Å²) in [6.07, 6.45) is 22.8. The van der Waals surface area contributed by atoms with Crippen LogP contribution in [0.5, 0.6) is 0 Å². The number of fused-ring (bicyclic) bond motifs is 5. The summed E-state index contributed by atoms with van der Waals surface area (Å²) in [4.78, 5) is 13.4. The van der Waals surface area contributed by atoms with Crippen LogP contribution in [0, 0.1) is 52.3 Å². The van der Waals surface area contributed by atoms with E-state index in [1.165, 1.54) is 57.8 Å². The molecule has 0 aromatic carbocycles. The Bertz CT molecular complexity index is 919. The first-order valence-electron chi connectivity index (χ1n) is 19.1. The Kier molecular flexibility index (Phi) is 13.7. The number of esters is 1. The molecule has 0 aromatic rings.